The molecule has 0 radical (unpaired) electrons. The third kappa shape index (κ3) is 4.51. The summed E-state index contributed by atoms with van der Waals surface area (Å²) >= 11 is 0. The van der Waals surface area contributed by atoms with E-state index in [0.717, 1.165) is 22.5 Å². The first-order chi connectivity index (χ1) is 28.8. The zero-order valence-electron chi connectivity index (χ0n) is 31.7. The molecule has 270 valence electrons. The van der Waals surface area contributed by atoms with Gasteiger partial charge in [-0.1, -0.05) is 182 Å². The van der Waals surface area contributed by atoms with Crippen LogP contribution < -0.4 is 4.90 Å². The van der Waals surface area contributed by atoms with E-state index < -0.39 is 5.41 Å². The van der Waals surface area contributed by atoms with Gasteiger partial charge in [0, 0.05) is 23.0 Å². The fourth-order valence-corrected chi connectivity index (χ4v) is 10.3. The van der Waals surface area contributed by atoms with Gasteiger partial charge in [-0.15, -0.1) is 0 Å². The monoisotopic (exact) mass is 736 g/mol. The van der Waals surface area contributed by atoms with Crippen LogP contribution in [0.4, 0.5) is 17.1 Å². The van der Waals surface area contributed by atoms with E-state index in [1.165, 1.54) is 83.0 Å². The highest BCUT2D eigenvalue weighted by molar-refractivity contribution is 6.21. The number of rotatable bonds is 4. The summed E-state index contributed by atoms with van der Waals surface area (Å²) in [5.41, 5.74) is 17.6. The normalized spacial score (nSPS) is 13.3. The number of aromatic nitrogens is 1. The van der Waals surface area contributed by atoms with Crippen LogP contribution in [0.5, 0.6) is 0 Å². The third-order valence-corrected chi connectivity index (χ3v) is 12.5. The van der Waals surface area contributed by atoms with Gasteiger partial charge in [0.15, 0.2) is 0 Å². The molecule has 10 aromatic rings. The number of hydrogen-bond acceptors (Lipinski definition) is 2. The van der Waals surface area contributed by atoms with Crippen LogP contribution in [0.15, 0.2) is 219 Å². The summed E-state index contributed by atoms with van der Waals surface area (Å²) in [7, 11) is 0. The van der Waals surface area contributed by atoms with Crippen molar-refractivity contribution in [3.05, 3.63) is 241 Å². The van der Waals surface area contributed by atoms with Crippen LogP contribution in [0.2, 0.25) is 0 Å². The molecule has 1 aliphatic carbocycles. The molecule has 1 spiro atoms. The molecule has 0 fully saturated rings. The van der Waals surface area contributed by atoms with E-state index in [1.54, 1.807) is 0 Å². The molecule has 0 saturated heterocycles. The second kappa shape index (κ2) is 12.7. The third-order valence-electron chi connectivity index (χ3n) is 12.5. The molecule has 58 heavy (non-hydrogen) atoms. The number of pyridine rings is 1. The van der Waals surface area contributed by atoms with Gasteiger partial charge in [0.2, 0.25) is 0 Å². The maximum Gasteiger partial charge on any atom is 0.0754 e. The quantitative estimate of drug-likeness (QED) is 0.167. The number of benzene rings is 9. The Bertz CT molecular complexity index is 3120. The Morgan fingerprint density at radius 3 is 1.41 bits per heavy atom. The van der Waals surface area contributed by atoms with Gasteiger partial charge in [0.25, 0.3) is 0 Å². The van der Waals surface area contributed by atoms with E-state index in [0.29, 0.717) is 0 Å². The van der Waals surface area contributed by atoms with Crippen molar-refractivity contribution in [2.24, 2.45) is 0 Å². The predicted octanol–water partition coefficient (Wildman–Crippen LogP) is 14.5. The average molecular weight is 737 g/mol. The lowest BCUT2D eigenvalue weighted by atomic mass is 9.64. The van der Waals surface area contributed by atoms with Crippen LogP contribution in [0, 0.1) is 0 Å². The molecule has 0 N–H and O–H groups in total. The fraction of sp³-hybridized carbons (Fsp3) is 0.0179. The Kier molecular flexibility index (Phi) is 7.18. The summed E-state index contributed by atoms with van der Waals surface area (Å²) in [6, 6.07) is 77.5. The van der Waals surface area contributed by atoms with E-state index in [2.05, 4.69) is 223 Å². The lowest BCUT2D eigenvalue weighted by Crippen LogP contribution is -2.36. The highest BCUT2D eigenvalue weighted by atomic mass is 15.2. The van der Waals surface area contributed by atoms with Crippen molar-refractivity contribution in [2.75, 3.05) is 4.90 Å². The summed E-state index contributed by atoms with van der Waals surface area (Å²) in [6.07, 6.45) is 2.09. The minimum atomic E-state index is -0.515. The maximum atomic E-state index is 5.34. The molecule has 0 unspecified atom stereocenters. The molecule has 2 nitrogen and oxygen atoms in total. The first-order valence-corrected chi connectivity index (χ1v) is 20.1. The van der Waals surface area contributed by atoms with Crippen molar-refractivity contribution in [1.29, 1.82) is 0 Å². The van der Waals surface area contributed by atoms with Gasteiger partial charge in [0.05, 0.1) is 22.5 Å². The minimum Gasteiger partial charge on any atom is -0.310 e. The molecule has 2 heterocycles. The Labute approximate surface area is 338 Å². The van der Waals surface area contributed by atoms with E-state index >= 15 is 0 Å². The van der Waals surface area contributed by atoms with Crippen molar-refractivity contribution < 1.29 is 0 Å². The van der Waals surface area contributed by atoms with Crippen LogP contribution in [-0.2, 0) is 5.41 Å². The number of anilines is 3. The maximum absolute atomic E-state index is 5.34. The molecule has 0 atom stereocenters. The number of para-hydroxylation sites is 3. The van der Waals surface area contributed by atoms with E-state index in [4.69, 9.17) is 4.98 Å². The molecule has 0 amide bonds. The summed E-state index contributed by atoms with van der Waals surface area (Å²) in [5, 5.41) is 4.94. The van der Waals surface area contributed by atoms with Gasteiger partial charge in [0.1, 0.15) is 0 Å². The Hall–Kier alpha value is -7.55. The largest absolute Gasteiger partial charge is 0.310 e. The van der Waals surface area contributed by atoms with Crippen molar-refractivity contribution in [2.45, 2.75) is 5.41 Å². The zero-order valence-corrected chi connectivity index (χ0v) is 31.7. The average Bonchev–Trinajstić information content (AvgIpc) is 3.60. The first-order valence-electron chi connectivity index (χ1n) is 20.1. The van der Waals surface area contributed by atoms with Crippen LogP contribution in [-0.4, -0.2) is 4.98 Å². The molecule has 1 aliphatic heterocycles. The number of nitrogens with zero attached hydrogens (tertiary/aromatic N) is 2. The van der Waals surface area contributed by atoms with Gasteiger partial charge in [-0.3, -0.25) is 4.98 Å². The van der Waals surface area contributed by atoms with Gasteiger partial charge in [-0.05, 0) is 102 Å². The number of fused-ring (bicyclic) bond motifs is 11. The fourth-order valence-electron chi connectivity index (χ4n) is 10.3. The Morgan fingerprint density at radius 1 is 0.328 bits per heavy atom. The SMILES string of the molecule is c1ccc(-c2c3ccccc3c(-c3ccc(-c4cccc5c4-c4ccccc4C54c5ccccc5N(c5ccccc5)c5ccccc54)nc3)c3ccccc23)cc1. The van der Waals surface area contributed by atoms with Crippen LogP contribution in [0.3, 0.4) is 0 Å². The summed E-state index contributed by atoms with van der Waals surface area (Å²) in [6.45, 7) is 0. The van der Waals surface area contributed by atoms with Crippen molar-refractivity contribution in [1.82, 2.24) is 4.98 Å². The molecule has 0 bridgehead atoms. The highest BCUT2D eigenvalue weighted by Gasteiger charge is 2.52. The van der Waals surface area contributed by atoms with Gasteiger partial charge >= 0.3 is 0 Å². The Balaban J connectivity index is 1.07. The summed E-state index contributed by atoms with van der Waals surface area (Å²) in [5.74, 6) is 0. The zero-order chi connectivity index (χ0) is 38.2. The lowest BCUT2D eigenvalue weighted by Gasteiger charge is -2.45. The smallest absolute Gasteiger partial charge is 0.0754 e. The highest BCUT2D eigenvalue weighted by Crippen LogP contribution is 2.64. The summed E-state index contributed by atoms with van der Waals surface area (Å²) < 4.78 is 0. The molecule has 0 saturated carbocycles. The van der Waals surface area contributed by atoms with E-state index in [-0.39, 0.29) is 0 Å². The standard InChI is InChI=1S/C56H36N2/c1-3-18-37(19-4-1)53-40-22-7-9-24-42(40)54(43-25-10-8-23-41(43)53)38-34-35-50(57-36-38)45-27-17-31-49-55(45)44-26-11-12-28-46(44)56(49)47-29-13-15-32-51(47)58(39-20-5-2-6-21-39)52-33-16-14-30-48(52)56/h1-36H. The van der Waals surface area contributed by atoms with Crippen LogP contribution in [0.1, 0.15) is 22.3 Å². The molecule has 2 aliphatic rings. The van der Waals surface area contributed by atoms with Crippen LogP contribution in [0.25, 0.3) is 66.2 Å². The van der Waals surface area contributed by atoms with Crippen molar-refractivity contribution in [3.8, 4) is 44.6 Å². The molecular weight excluding hydrogens is 701 g/mol. The van der Waals surface area contributed by atoms with E-state index in [1.807, 2.05) is 0 Å². The topological polar surface area (TPSA) is 16.1 Å². The molecule has 2 heteroatoms. The van der Waals surface area contributed by atoms with E-state index in [9.17, 15) is 0 Å². The van der Waals surface area contributed by atoms with Gasteiger partial charge < -0.3 is 4.90 Å². The van der Waals surface area contributed by atoms with Crippen molar-refractivity contribution in [3.63, 3.8) is 0 Å². The number of hydrogen-bond donors (Lipinski definition) is 0. The minimum absolute atomic E-state index is 0.515. The molecule has 12 rings (SSSR count). The molecule has 1 aromatic heterocycles. The first kappa shape index (κ1) is 32.7. The molecular formula is C56H36N2. The van der Waals surface area contributed by atoms with Gasteiger partial charge in [-0.25, -0.2) is 0 Å². The Morgan fingerprint density at radius 2 is 0.810 bits per heavy atom. The summed E-state index contributed by atoms with van der Waals surface area (Å²) in [4.78, 5) is 7.77. The molecule has 9 aromatic carbocycles. The predicted molar refractivity (Wildman–Crippen MR) is 241 cm³/mol. The second-order valence-corrected chi connectivity index (χ2v) is 15.4. The van der Waals surface area contributed by atoms with Crippen molar-refractivity contribution >= 4 is 38.6 Å². The second-order valence-electron chi connectivity index (χ2n) is 15.4. The van der Waals surface area contributed by atoms with Gasteiger partial charge in [-0.2, -0.15) is 0 Å². The lowest BCUT2D eigenvalue weighted by molar-refractivity contribution is 0.753. The van der Waals surface area contributed by atoms with Crippen LogP contribution >= 0.6 is 0 Å².